The highest BCUT2D eigenvalue weighted by Crippen LogP contribution is 2.08. The lowest BCUT2D eigenvalue weighted by molar-refractivity contribution is 0.786. The summed E-state index contributed by atoms with van der Waals surface area (Å²) in [6.45, 7) is 0. The van der Waals surface area contributed by atoms with Crippen molar-refractivity contribution in [3.63, 3.8) is 0 Å². The second kappa shape index (κ2) is 1.91. The molecule has 0 spiro atoms. The Labute approximate surface area is 62.9 Å². The van der Waals surface area contributed by atoms with Gasteiger partial charge in [-0.1, -0.05) is 0 Å². The quantitative estimate of drug-likeness (QED) is 0.570. The van der Waals surface area contributed by atoms with Gasteiger partial charge in [0.1, 0.15) is 0 Å². The first kappa shape index (κ1) is 6.09. The third kappa shape index (κ3) is 0.813. The second-order valence-electron chi connectivity index (χ2n) is 2.28. The van der Waals surface area contributed by atoms with Gasteiger partial charge in [-0.3, -0.25) is 4.68 Å². The summed E-state index contributed by atoms with van der Waals surface area (Å²) in [7, 11) is 1.81. The summed E-state index contributed by atoms with van der Waals surface area (Å²) in [4.78, 5) is 7.84. The average molecular weight is 149 g/mol. The highest BCUT2D eigenvalue weighted by Gasteiger charge is 2.00. The van der Waals surface area contributed by atoms with Crippen LogP contribution in [0.5, 0.6) is 0 Å². The SMILES string of the molecule is Cn1ncc2cnc(N)nc21. The van der Waals surface area contributed by atoms with Gasteiger partial charge in [-0.2, -0.15) is 10.1 Å². The van der Waals surface area contributed by atoms with Gasteiger partial charge in [0.2, 0.25) is 5.95 Å². The van der Waals surface area contributed by atoms with Crippen molar-refractivity contribution in [3.8, 4) is 0 Å². The Hall–Kier alpha value is -1.65. The van der Waals surface area contributed by atoms with Crippen LogP contribution in [-0.4, -0.2) is 19.7 Å². The van der Waals surface area contributed by atoms with Crippen LogP contribution < -0.4 is 5.73 Å². The number of nitrogens with two attached hydrogens (primary N) is 1. The lowest BCUT2D eigenvalue weighted by Gasteiger charge is -1.92. The van der Waals surface area contributed by atoms with E-state index in [1.54, 1.807) is 17.1 Å². The Bertz CT molecular complexity index is 391. The minimum Gasteiger partial charge on any atom is -0.368 e. The maximum atomic E-state index is 5.39. The number of nitrogen functional groups attached to an aromatic ring is 1. The highest BCUT2D eigenvalue weighted by molar-refractivity contribution is 5.73. The monoisotopic (exact) mass is 149 g/mol. The predicted molar refractivity (Wildman–Crippen MR) is 40.7 cm³/mol. The van der Waals surface area contributed by atoms with Crippen LogP contribution in [0, 0.1) is 0 Å². The van der Waals surface area contributed by atoms with Crippen molar-refractivity contribution < 1.29 is 0 Å². The average Bonchev–Trinajstić information content (AvgIpc) is 2.33. The third-order valence-electron chi connectivity index (χ3n) is 1.49. The van der Waals surface area contributed by atoms with Crippen LogP contribution in [-0.2, 0) is 7.05 Å². The van der Waals surface area contributed by atoms with Gasteiger partial charge in [-0.25, -0.2) is 4.98 Å². The molecular weight excluding hydrogens is 142 g/mol. The zero-order chi connectivity index (χ0) is 7.84. The van der Waals surface area contributed by atoms with E-state index < -0.39 is 0 Å². The third-order valence-corrected chi connectivity index (χ3v) is 1.49. The standard InChI is InChI=1S/C6H7N5/c1-11-5-4(3-9-11)2-8-6(7)10-5/h2-3H,1H3,(H2,7,8,10). The Balaban J connectivity index is 2.87. The molecule has 0 saturated carbocycles. The predicted octanol–water partition coefficient (Wildman–Crippen LogP) is -0.0545. The number of aromatic nitrogens is 4. The molecule has 11 heavy (non-hydrogen) atoms. The van der Waals surface area contributed by atoms with E-state index in [-0.39, 0.29) is 5.95 Å². The molecule has 0 aliphatic rings. The van der Waals surface area contributed by atoms with Gasteiger partial charge in [0, 0.05) is 13.2 Å². The molecule has 5 nitrogen and oxygen atoms in total. The van der Waals surface area contributed by atoms with Gasteiger partial charge >= 0.3 is 0 Å². The highest BCUT2D eigenvalue weighted by atomic mass is 15.3. The van der Waals surface area contributed by atoms with Crippen LogP contribution in [0.3, 0.4) is 0 Å². The second-order valence-corrected chi connectivity index (χ2v) is 2.28. The Morgan fingerprint density at radius 2 is 2.27 bits per heavy atom. The molecule has 0 aromatic carbocycles. The molecule has 0 saturated heterocycles. The van der Waals surface area contributed by atoms with Crippen molar-refractivity contribution >= 4 is 17.0 Å². The molecule has 2 aromatic rings. The molecule has 0 bridgehead atoms. The molecule has 0 aliphatic carbocycles. The fourth-order valence-corrected chi connectivity index (χ4v) is 0.949. The zero-order valence-electron chi connectivity index (χ0n) is 6.02. The normalized spacial score (nSPS) is 10.6. The molecular formula is C6H7N5. The van der Waals surface area contributed by atoms with Crippen LogP contribution >= 0.6 is 0 Å². The van der Waals surface area contributed by atoms with Gasteiger partial charge in [-0.15, -0.1) is 0 Å². The van der Waals surface area contributed by atoms with Gasteiger partial charge in [0.15, 0.2) is 5.65 Å². The molecule has 0 unspecified atom stereocenters. The van der Waals surface area contributed by atoms with Crippen molar-refractivity contribution in [1.82, 2.24) is 19.7 Å². The summed E-state index contributed by atoms with van der Waals surface area (Å²) >= 11 is 0. The van der Waals surface area contributed by atoms with Crippen molar-refractivity contribution in [2.75, 3.05) is 5.73 Å². The first-order valence-electron chi connectivity index (χ1n) is 3.17. The molecule has 0 aliphatic heterocycles. The number of fused-ring (bicyclic) bond motifs is 1. The first-order valence-corrected chi connectivity index (χ1v) is 3.17. The lowest BCUT2D eigenvalue weighted by atomic mass is 10.4. The van der Waals surface area contributed by atoms with Gasteiger partial charge in [-0.05, 0) is 0 Å². The van der Waals surface area contributed by atoms with Gasteiger partial charge in [0.25, 0.3) is 0 Å². The smallest absolute Gasteiger partial charge is 0.222 e. The van der Waals surface area contributed by atoms with Gasteiger partial charge < -0.3 is 5.73 Å². The van der Waals surface area contributed by atoms with Crippen LogP contribution in [0.15, 0.2) is 12.4 Å². The molecule has 0 radical (unpaired) electrons. The zero-order valence-corrected chi connectivity index (χ0v) is 6.02. The number of rotatable bonds is 0. The Morgan fingerprint density at radius 1 is 1.45 bits per heavy atom. The lowest BCUT2D eigenvalue weighted by Crippen LogP contribution is -1.97. The molecule has 5 heteroatoms. The molecule has 2 aromatic heterocycles. The van der Waals surface area contributed by atoms with Crippen LogP contribution in [0.1, 0.15) is 0 Å². The number of nitrogens with zero attached hydrogens (tertiary/aromatic N) is 4. The molecule has 2 heterocycles. The molecule has 0 fully saturated rings. The summed E-state index contributed by atoms with van der Waals surface area (Å²) < 4.78 is 1.66. The fraction of sp³-hybridized carbons (Fsp3) is 0.167. The first-order chi connectivity index (χ1) is 5.27. The number of hydrogen-bond acceptors (Lipinski definition) is 4. The van der Waals surface area contributed by atoms with E-state index in [0.717, 1.165) is 11.0 Å². The summed E-state index contributed by atoms with van der Waals surface area (Å²) in [5.74, 6) is 0.279. The van der Waals surface area contributed by atoms with Crippen LogP contribution in [0.4, 0.5) is 5.95 Å². The summed E-state index contributed by atoms with van der Waals surface area (Å²) in [5, 5.41) is 4.90. The van der Waals surface area contributed by atoms with E-state index >= 15 is 0 Å². The largest absolute Gasteiger partial charge is 0.368 e. The Morgan fingerprint density at radius 3 is 3.09 bits per heavy atom. The van der Waals surface area contributed by atoms with E-state index in [9.17, 15) is 0 Å². The number of hydrogen-bond donors (Lipinski definition) is 1. The maximum Gasteiger partial charge on any atom is 0.222 e. The van der Waals surface area contributed by atoms with E-state index in [1.165, 1.54) is 0 Å². The van der Waals surface area contributed by atoms with Crippen molar-refractivity contribution in [1.29, 1.82) is 0 Å². The molecule has 0 amide bonds. The summed E-state index contributed by atoms with van der Waals surface area (Å²) in [5.41, 5.74) is 6.15. The van der Waals surface area contributed by atoms with E-state index in [0.29, 0.717) is 0 Å². The van der Waals surface area contributed by atoms with Crippen LogP contribution in [0.2, 0.25) is 0 Å². The topological polar surface area (TPSA) is 69.6 Å². The Kier molecular flexibility index (Phi) is 1.06. The fourth-order valence-electron chi connectivity index (χ4n) is 0.949. The van der Waals surface area contributed by atoms with Crippen molar-refractivity contribution in [2.24, 2.45) is 7.05 Å². The molecule has 2 N–H and O–H groups in total. The van der Waals surface area contributed by atoms with Crippen molar-refractivity contribution in [3.05, 3.63) is 12.4 Å². The minimum atomic E-state index is 0.279. The number of anilines is 1. The van der Waals surface area contributed by atoms with Crippen molar-refractivity contribution in [2.45, 2.75) is 0 Å². The van der Waals surface area contributed by atoms with Gasteiger partial charge in [0.05, 0.1) is 11.6 Å². The number of aryl methyl sites for hydroxylation is 1. The maximum absolute atomic E-state index is 5.39. The van der Waals surface area contributed by atoms with E-state index in [4.69, 9.17) is 5.73 Å². The molecule has 56 valence electrons. The van der Waals surface area contributed by atoms with E-state index in [1.807, 2.05) is 7.05 Å². The molecule has 0 atom stereocenters. The summed E-state index contributed by atoms with van der Waals surface area (Å²) in [6, 6.07) is 0. The minimum absolute atomic E-state index is 0.279. The molecule has 2 rings (SSSR count). The van der Waals surface area contributed by atoms with E-state index in [2.05, 4.69) is 15.1 Å². The van der Waals surface area contributed by atoms with Crippen LogP contribution in [0.25, 0.3) is 11.0 Å². The summed E-state index contributed by atoms with van der Waals surface area (Å²) in [6.07, 6.45) is 3.36.